The number of rotatable bonds is 2. The lowest BCUT2D eigenvalue weighted by molar-refractivity contribution is -0.120. The Morgan fingerprint density at radius 1 is 0.900 bits per heavy atom. The molecular weight excluding hydrogens is 376 g/mol. The molecule has 2 aromatic carbocycles. The van der Waals surface area contributed by atoms with Crippen LogP contribution < -0.4 is 14.7 Å². The fourth-order valence-electron chi connectivity index (χ4n) is 4.98. The van der Waals surface area contributed by atoms with E-state index in [9.17, 15) is 9.59 Å². The number of likely N-dealkylation sites (N-methyl/N-ethyl adjacent to an activating group) is 1. The van der Waals surface area contributed by atoms with Crippen LogP contribution in [0.5, 0.6) is 0 Å². The molecule has 0 bridgehead atoms. The van der Waals surface area contributed by atoms with Gasteiger partial charge in [0.2, 0.25) is 5.91 Å². The van der Waals surface area contributed by atoms with Crippen LogP contribution in [0.1, 0.15) is 29.6 Å². The lowest BCUT2D eigenvalue weighted by Crippen LogP contribution is -2.54. The summed E-state index contributed by atoms with van der Waals surface area (Å²) < 4.78 is 0. The van der Waals surface area contributed by atoms with Gasteiger partial charge in [-0.25, -0.2) is 0 Å². The van der Waals surface area contributed by atoms with Gasteiger partial charge in [0.25, 0.3) is 5.91 Å². The van der Waals surface area contributed by atoms with Gasteiger partial charge in [-0.15, -0.1) is 0 Å². The first-order chi connectivity index (χ1) is 14.6. The van der Waals surface area contributed by atoms with Crippen molar-refractivity contribution in [3.8, 4) is 0 Å². The fraction of sp³-hybridized carbons (Fsp3) is 0.417. The van der Waals surface area contributed by atoms with E-state index in [1.54, 1.807) is 4.90 Å². The summed E-state index contributed by atoms with van der Waals surface area (Å²) in [5.41, 5.74) is 3.80. The Bertz CT molecular complexity index is 953. The van der Waals surface area contributed by atoms with Gasteiger partial charge in [0.15, 0.2) is 0 Å². The van der Waals surface area contributed by atoms with Gasteiger partial charge in [0, 0.05) is 51.0 Å². The molecule has 156 valence electrons. The van der Waals surface area contributed by atoms with E-state index in [4.69, 9.17) is 0 Å². The molecule has 0 N–H and O–H groups in total. The van der Waals surface area contributed by atoms with E-state index in [0.717, 1.165) is 50.3 Å². The summed E-state index contributed by atoms with van der Waals surface area (Å²) in [6.07, 6.45) is 3.12. The molecule has 0 aromatic heterocycles. The number of piperazine rings is 1. The highest BCUT2D eigenvalue weighted by atomic mass is 16.2. The molecule has 3 aliphatic rings. The molecule has 0 radical (unpaired) electrons. The number of fused-ring (bicyclic) bond motifs is 3. The van der Waals surface area contributed by atoms with Crippen molar-refractivity contribution in [2.45, 2.75) is 25.3 Å². The molecule has 5 rings (SSSR count). The Balaban J connectivity index is 1.33. The lowest BCUT2D eigenvalue weighted by Gasteiger charge is -2.44. The van der Waals surface area contributed by atoms with E-state index in [2.05, 4.69) is 21.9 Å². The molecule has 3 heterocycles. The van der Waals surface area contributed by atoms with E-state index in [0.29, 0.717) is 18.7 Å². The zero-order chi connectivity index (χ0) is 20.7. The summed E-state index contributed by atoms with van der Waals surface area (Å²) in [6, 6.07) is 16.2. The van der Waals surface area contributed by atoms with Crippen molar-refractivity contribution >= 4 is 28.9 Å². The van der Waals surface area contributed by atoms with E-state index in [1.807, 2.05) is 48.3 Å². The standard InChI is InChI=1S/C24H28N4O2/c1-25-22-17-18(10-11-20(22)28-12-6-5-9-21(28)24(25)30)23(29)27-15-13-26(14-16-27)19-7-3-2-4-8-19/h2-4,7-8,10-11,17,21H,5-6,9,12-16H2,1H3. The number of amides is 2. The summed E-state index contributed by atoms with van der Waals surface area (Å²) in [5.74, 6) is 0.190. The van der Waals surface area contributed by atoms with Gasteiger partial charge in [0.05, 0.1) is 11.4 Å². The molecule has 3 aliphatic heterocycles. The number of carbonyl (C=O) groups excluding carboxylic acids is 2. The molecule has 6 heteroatoms. The molecule has 0 spiro atoms. The summed E-state index contributed by atoms with van der Waals surface area (Å²) in [6.45, 7) is 3.97. The monoisotopic (exact) mass is 404 g/mol. The second kappa shape index (κ2) is 7.67. The van der Waals surface area contributed by atoms with Crippen LogP contribution in [-0.4, -0.2) is 62.5 Å². The lowest BCUT2D eigenvalue weighted by atomic mass is 9.95. The Morgan fingerprint density at radius 3 is 2.43 bits per heavy atom. The minimum Gasteiger partial charge on any atom is -0.368 e. The molecule has 30 heavy (non-hydrogen) atoms. The Hall–Kier alpha value is -3.02. The van der Waals surface area contributed by atoms with Gasteiger partial charge >= 0.3 is 0 Å². The predicted octanol–water partition coefficient (Wildman–Crippen LogP) is 2.98. The van der Waals surface area contributed by atoms with Gasteiger partial charge in [-0.2, -0.15) is 0 Å². The third-order valence-corrected chi connectivity index (χ3v) is 6.70. The molecule has 6 nitrogen and oxygen atoms in total. The van der Waals surface area contributed by atoms with Crippen LogP contribution in [0.25, 0.3) is 0 Å². The number of hydrogen-bond acceptors (Lipinski definition) is 4. The number of hydrogen-bond donors (Lipinski definition) is 0. The van der Waals surface area contributed by atoms with Gasteiger partial charge in [0.1, 0.15) is 6.04 Å². The Kier molecular flexibility index (Phi) is 4.85. The number of benzene rings is 2. The second-order valence-corrected chi connectivity index (χ2v) is 8.42. The molecule has 0 aliphatic carbocycles. The minimum atomic E-state index is -0.0520. The molecule has 2 amide bonds. The quantitative estimate of drug-likeness (QED) is 0.772. The number of piperidine rings is 1. The first-order valence-electron chi connectivity index (χ1n) is 10.9. The topological polar surface area (TPSA) is 47.1 Å². The first-order valence-corrected chi connectivity index (χ1v) is 10.9. The van der Waals surface area contributed by atoms with Crippen LogP contribution in [0.3, 0.4) is 0 Å². The fourth-order valence-corrected chi connectivity index (χ4v) is 4.98. The third kappa shape index (κ3) is 3.20. The minimum absolute atomic E-state index is 0.0483. The van der Waals surface area contributed by atoms with Crippen LogP contribution in [0.15, 0.2) is 48.5 Å². The predicted molar refractivity (Wildman–Crippen MR) is 119 cm³/mol. The third-order valence-electron chi connectivity index (χ3n) is 6.70. The highest BCUT2D eigenvalue weighted by molar-refractivity contribution is 6.07. The van der Waals surface area contributed by atoms with Crippen LogP contribution in [0.4, 0.5) is 17.1 Å². The Morgan fingerprint density at radius 2 is 1.67 bits per heavy atom. The van der Waals surface area contributed by atoms with Crippen LogP contribution in [0.2, 0.25) is 0 Å². The average molecular weight is 405 g/mol. The smallest absolute Gasteiger partial charge is 0.254 e. The van der Waals surface area contributed by atoms with Crippen LogP contribution in [-0.2, 0) is 4.79 Å². The summed E-state index contributed by atoms with van der Waals surface area (Å²) in [7, 11) is 1.83. The van der Waals surface area contributed by atoms with Gasteiger partial charge in [-0.05, 0) is 49.6 Å². The number of nitrogens with zero attached hydrogens (tertiary/aromatic N) is 4. The number of carbonyl (C=O) groups is 2. The van der Waals surface area contributed by atoms with Crippen molar-refractivity contribution in [1.82, 2.24) is 4.90 Å². The molecule has 2 saturated heterocycles. The Labute approximate surface area is 177 Å². The van der Waals surface area contributed by atoms with Crippen molar-refractivity contribution in [2.75, 3.05) is 54.5 Å². The molecular formula is C24H28N4O2. The zero-order valence-electron chi connectivity index (χ0n) is 17.5. The van der Waals surface area contributed by atoms with Crippen molar-refractivity contribution < 1.29 is 9.59 Å². The van der Waals surface area contributed by atoms with Crippen molar-refractivity contribution in [3.63, 3.8) is 0 Å². The van der Waals surface area contributed by atoms with Crippen LogP contribution in [0, 0.1) is 0 Å². The highest BCUT2D eigenvalue weighted by Gasteiger charge is 2.38. The number of para-hydroxylation sites is 1. The molecule has 2 fully saturated rings. The van der Waals surface area contributed by atoms with E-state index in [1.165, 1.54) is 5.69 Å². The van der Waals surface area contributed by atoms with Crippen molar-refractivity contribution in [3.05, 3.63) is 54.1 Å². The molecule has 0 saturated carbocycles. The van der Waals surface area contributed by atoms with Crippen molar-refractivity contribution in [1.29, 1.82) is 0 Å². The van der Waals surface area contributed by atoms with E-state index >= 15 is 0 Å². The number of anilines is 3. The molecule has 1 atom stereocenters. The normalized spacial score (nSPS) is 21.4. The SMILES string of the molecule is CN1C(=O)C2CCCCN2c2ccc(C(=O)N3CCN(c4ccccc4)CC3)cc21. The molecule has 2 aromatic rings. The van der Waals surface area contributed by atoms with Crippen molar-refractivity contribution in [2.24, 2.45) is 0 Å². The highest BCUT2D eigenvalue weighted by Crippen LogP contribution is 2.39. The maximum absolute atomic E-state index is 13.2. The van der Waals surface area contributed by atoms with Gasteiger partial charge in [-0.1, -0.05) is 18.2 Å². The largest absolute Gasteiger partial charge is 0.368 e. The second-order valence-electron chi connectivity index (χ2n) is 8.42. The first kappa shape index (κ1) is 19.0. The summed E-state index contributed by atoms with van der Waals surface area (Å²) >= 11 is 0. The van der Waals surface area contributed by atoms with E-state index in [-0.39, 0.29) is 17.9 Å². The van der Waals surface area contributed by atoms with Gasteiger partial charge < -0.3 is 19.6 Å². The van der Waals surface area contributed by atoms with E-state index < -0.39 is 0 Å². The average Bonchev–Trinajstić information content (AvgIpc) is 2.82. The zero-order valence-corrected chi connectivity index (χ0v) is 17.5. The maximum atomic E-state index is 13.2. The molecule has 1 unspecified atom stereocenters. The van der Waals surface area contributed by atoms with Crippen LogP contribution >= 0.6 is 0 Å². The summed E-state index contributed by atoms with van der Waals surface area (Å²) in [4.78, 5) is 34.3. The van der Waals surface area contributed by atoms with Gasteiger partial charge in [-0.3, -0.25) is 9.59 Å². The summed E-state index contributed by atoms with van der Waals surface area (Å²) in [5, 5.41) is 0. The maximum Gasteiger partial charge on any atom is 0.254 e.